The lowest BCUT2D eigenvalue weighted by molar-refractivity contribution is -0.192. The molecule has 0 saturated carbocycles. The Morgan fingerprint density at radius 2 is 1.67 bits per heavy atom. The second-order valence-electron chi connectivity index (χ2n) is 8.25. The summed E-state index contributed by atoms with van der Waals surface area (Å²) in [6.07, 6.45) is 1.43. The van der Waals surface area contributed by atoms with Crippen LogP contribution < -0.4 is 0 Å². The third kappa shape index (κ3) is 6.56. The molecular weight excluding hydrogens is 437 g/mol. The first-order chi connectivity index (χ1) is 15.7. The summed E-state index contributed by atoms with van der Waals surface area (Å²) < 4.78 is 34.0. The standard InChI is InChI=1S/C21H28N4O.C2HF3O2/c1-2-17-6-8-18(9-7-17)21(26)24-12-5-13-25-16-22-19(20(25)15-24)14-23-10-3-4-11-23;3-2(4,5)1(6)7/h6-9,16H,2-5,10-15H2,1H3;(H,6,7). The number of aromatic nitrogens is 2. The number of amides is 1. The van der Waals surface area contributed by atoms with Crippen molar-refractivity contribution >= 4 is 11.9 Å². The average Bonchev–Trinajstić information content (AvgIpc) is 3.38. The Morgan fingerprint density at radius 1 is 1.03 bits per heavy atom. The molecule has 2 aliphatic rings. The first-order valence-electron chi connectivity index (χ1n) is 11.1. The number of hydrogen-bond donors (Lipinski definition) is 1. The summed E-state index contributed by atoms with van der Waals surface area (Å²) in [5.74, 6) is -2.62. The molecule has 0 atom stereocenters. The lowest BCUT2D eigenvalue weighted by Gasteiger charge is -2.21. The van der Waals surface area contributed by atoms with Crippen molar-refractivity contribution in [2.45, 2.75) is 58.4 Å². The number of rotatable bonds is 4. The van der Waals surface area contributed by atoms with Gasteiger partial charge in [-0.1, -0.05) is 19.1 Å². The minimum absolute atomic E-state index is 0.134. The number of aliphatic carboxylic acids is 1. The van der Waals surface area contributed by atoms with Gasteiger partial charge < -0.3 is 14.6 Å². The summed E-state index contributed by atoms with van der Waals surface area (Å²) in [7, 11) is 0. The maximum atomic E-state index is 13.0. The van der Waals surface area contributed by atoms with Crippen LogP contribution in [0.2, 0.25) is 0 Å². The van der Waals surface area contributed by atoms with E-state index in [1.165, 1.54) is 37.2 Å². The van der Waals surface area contributed by atoms with Crippen molar-refractivity contribution in [2.24, 2.45) is 0 Å². The van der Waals surface area contributed by atoms with Gasteiger partial charge in [0, 0.05) is 25.2 Å². The normalized spacial score (nSPS) is 16.5. The molecular formula is C23H29F3N4O3. The van der Waals surface area contributed by atoms with Gasteiger partial charge in [0.1, 0.15) is 0 Å². The quantitative estimate of drug-likeness (QED) is 0.743. The van der Waals surface area contributed by atoms with Crippen LogP contribution in [0.1, 0.15) is 53.5 Å². The number of hydrogen-bond acceptors (Lipinski definition) is 4. The van der Waals surface area contributed by atoms with Gasteiger partial charge in [0.05, 0.1) is 24.3 Å². The summed E-state index contributed by atoms with van der Waals surface area (Å²) in [5.41, 5.74) is 4.42. The van der Waals surface area contributed by atoms with Gasteiger partial charge in [-0.3, -0.25) is 9.69 Å². The Labute approximate surface area is 190 Å². The Morgan fingerprint density at radius 3 is 2.24 bits per heavy atom. The van der Waals surface area contributed by atoms with Crippen LogP contribution in [0.5, 0.6) is 0 Å². The van der Waals surface area contributed by atoms with Crippen LogP contribution in [0, 0.1) is 0 Å². The average molecular weight is 467 g/mol. The van der Waals surface area contributed by atoms with Crippen molar-refractivity contribution < 1.29 is 27.9 Å². The van der Waals surface area contributed by atoms with Crippen LogP contribution in [0.15, 0.2) is 30.6 Å². The minimum Gasteiger partial charge on any atom is -0.475 e. The summed E-state index contributed by atoms with van der Waals surface area (Å²) in [6.45, 7) is 7.79. The van der Waals surface area contributed by atoms with Crippen LogP contribution >= 0.6 is 0 Å². The molecule has 10 heteroatoms. The van der Waals surface area contributed by atoms with Gasteiger partial charge in [-0.05, 0) is 56.5 Å². The molecule has 180 valence electrons. The first kappa shape index (κ1) is 24.8. The van der Waals surface area contributed by atoms with E-state index in [0.29, 0.717) is 6.54 Å². The number of carbonyl (C=O) groups is 2. The van der Waals surface area contributed by atoms with Crippen molar-refractivity contribution in [1.29, 1.82) is 0 Å². The van der Waals surface area contributed by atoms with Crippen molar-refractivity contribution in [3.63, 3.8) is 0 Å². The van der Waals surface area contributed by atoms with E-state index in [-0.39, 0.29) is 5.91 Å². The second-order valence-corrected chi connectivity index (χ2v) is 8.25. The molecule has 4 rings (SSSR count). The van der Waals surface area contributed by atoms with E-state index in [1.54, 1.807) is 0 Å². The molecule has 1 N–H and O–H groups in total. The molecule has 1 aromatic carbocycles. The number of nitrogens with zero attached hydrogens (tertiary/aromatic N) is 4. The monoisotopic (exact) mass is 466 g/mol. The third-order valence-corrected chi connectivity index (χ3v) is 5.91. The zero-order valence-electron chi connectivity index (χ0n) is 18.6. The minimum atomic E-state index is -5.08. The molecule has 0 bridgehead atoms. The molecule has 1 fully saturated rings. The highest BCUT2D eigenvalue weighted by Crippen LogP contribution is 2.21. The predicted octanol–water partition coefficient (Wildman–Crippen LogP) is 3.72. The summed E-state index contributed by atoms with van der Waals surface area (Å²) in [4.78, 5) is 31.1. The zero-order valence-corrected chi connectivity index (χ0v) is 18.6. The number of carbonyl (C=O) groups excluding carboxylic acids is 1. The molecule has 1 aromatic heterocycles. The third-order valence-electron chi connectivity index (χ3n) is 5.91. The van der Waals surface area contributed by atoms with Gasteiger partial charge in [0.2, 0.25) is 0 Å². The lowest BCUT2D eigenvalue weighted by atomic mass is 10.1. The van der Waals surface area contributed by atoms with Gasteiger partial charge in [0.25, 0.3) is 5.91 Å². The fraction of sp³-hybridized carbons (Fsp3) is 0.522. The Hall–Kier alpha value is -2.88. The molecule has 2 aromatic rings. The van der Waals surface area contributed by atoms with Crippen LogP contribution in [-0.2, 0) is 30.8 Å². The number of aryl methyl sites for hydroxylation is 2. The summed E-state index contributed by atoms with van der Waals surface area (Å²) in [6, 6.07) is 8.06. The highest BCUT2D eigenvalue weighted by molar-refractivity contribution is 5.94. The largest absolute Gasteiger partial charge is 0.490 e. The first-order valence-corrected chi connectivity index (χ1v) is 11.1. The number of halogens is 3. The number of fused-ring (bicyclic) bond motifs is 1. The van der Waals surface area contributed by atoms with Crippen LogP contribution in [-0.4, -0.2) is 62.1 Å². The van der Waals surface area contributed by atoms with E-state index < -0.39 is 12.1 Å². The number of alkyl halides is 3. The van der Waals surface area contributed by atoms with Gasteiger partial charge >= 0.3 is 12.1 Å². The molecule has 7 nitrogen and oxygen atoms in total. The molecule has 33 heavy (non-hydrogen) atoms. The highest BCUT2D eigenvalue weighted by atomic mass is 19.4. The van der Waals surface area contributed by atoms with Crippen LogP contribution in [0.3, 0.4) is 0 Å². The van der Waals surface area contributed by atoms with Gasteiger partial charge in [-0.15, -0.1) is 0 Å². The fourth-order valence-electron chi connectivity index (χ4n) is 4.04. The SMILES string of the molecule is CCc1ccc(C(=O)N2CCCn3cnc(CN4CCCC4)c3C2)cc1.O=C(O)C(F)(F)F. The lowest BCUT2D eigenvalue weighted by Crippen LogP contribution is -2.31. The fourth-order valence-corrected chi connectivity index (χ4v) is 4.04. The number of likely N-dealkylation sites (tertiary alicyclic amines) is 1. The molecule has 0 aliphatic carbocycles. The molecule has 1 amide bonds. The predicted molar refractivity (Wildman–Crippen MR) is 116 cm³/mol. The second kappa shape index (κ2) is 10.8. The topological polar surface area (TPSA) is 78.7 Å². The van der Waals surface area contributed by atoms with Crippen LogP contribution in [0.25, 0.3) is 0 Å². The van der Waals surface area contributed by atoms with E-state index in [1.807, 2.05) is 23.4 Å². The Kier molecular flexibility index (Phi) is 8.12. The number of carboxylic acids is 1. The molecule has 2 aliphatic heterocycles. The van der Waals surface area contributed by atoms with Gasteiger partial charge in [0.15, 0.2) is 0 Å². The van der Waals surface area contributed by atoms with E-state index in [0.717, 1.165) is 43.7 Å². The molecule has 0 radical (unpaired) electrons. The van der Waals surface area contributed by atoms with Gasteiger partial charge in [-0.25, -0.2) is 9.78 Å². The van der Waals surface area contributed by atoms with Crippen LogP contribution in [0.4, 0.5) is 13.2 Å². The van der Waals surface area contributed by atoms with E-state index >= 15 is 0 Å². The maximum Gasteiger partial charge on any atom is 0.490 e. The Balaban J connectivity index is 0.000000383. The van der Waals surface area contributed by atoms with Gasteiger partial charge in [-0.2, -0.15) is 13.2 Å². The van der Waals surface area contributed by atoms with Crippen molar-refractivity contribution in [3.8, 4) is 0 Å². The van der Waals surface area contributed by atoms with Crippen molar-refractivity contribution in [1.82, 2.24) is 19.4 Å². The summed E-state index contributed by atoms with van der Waals surface area (Å²) in [5, 5.41) is 7.12. The van der Waals surface area contributed by atoms with Crippen molar-refractivity contribution in [3.05, 3.63) is 53.1 Å². The van der Waals surface area contributed by atoms with Crippen molar-refractivity contribution in [2.75, 3.05) is 19.6 Å². The molecule has 0 unspecified atom stereocenters. The smallest absolute Gasteiger partial charge is 0.475 e. The molecule has 1 saturated heterocycles. The van der Waals surface area contributed by atoms with E-state index in [9.17, 15) is 18.0 Å². The maximum absolute atomic E-state index is 13.0. The molecule has 0 spiro atoms. The number of imidazole rings is 1. The van der Waals surface area contributed by atoms with E-state index in [2.05, 4.69) is 33.5 Å². The Bertz CT molecular complexity index is 951. The van der Waals surface area contributed by atoms with E-state index in [4.69, 9.17) is 9.90 Å². The molecule has 3 heterocycles. The summed E-state index contributed by atoms with van der Waals surface area (Å²) >= 11 is 0. The number of benzene rings is 1. The number of carboxylic acid groups (broad SMARTS) is 1. The highest BCUT2D eigenvalue weighted by Gasteiger charge is 2.38. The zero-order chi connectivity index (χ0) is 24.0.